The van der Waals surface area contributed by atoms with E-state index in [9.17, 15) is 4.79 Å². The lowest BCUT2D eigenvalue weighted by atomic mass is 9.77. The van der Waals surface area contributed by atoms with Gasteiger partial charge in [0, 0.05) is 6.54 Å². The number of ether oxygens (including phenoxy) is 1. The number of carbonyl (C=O) groups is 1. The number of rotatable bonds is 4. The van der Waals surface area contributed by atoms with E-state index in [1.807, 2.05) is 0 Å². The highest BCUT2D eigenvalue weighted by Crippen LogP contribution is 2.32. The molecule has 78 valence electrons. The maximum atomic E-state index is 11.3. The predicted molar refractivity (Wildman–Crippen MR) is 50.9 cm³/mol. The summed E-state index contributed by atoms with van der Waals surface area (Å²) in [6.45, 7) is 0.508. The highest BCUT2D eigenvalue weighted by molar-refractivity contribution is 5.85. The summed E-state index contributed by atoms with van der Waals surface area (Å²) in [6.07, 6.45) is 2.69. The van der Waals surface area contributed by atoms with Crippen molar-refractivity contribution in [3.05, 3.63) is 0 Å². The van der Waals surface area contributed by atoms with Crippen LogP contribution in [0.1, 0.15) is 19.3 Å². The number of methoxy groups -OCH3 is 1. The van der Waals surface area contributed by atoms with Crippen LogP contribution in [0.3, 0.4) is 0 Å². The monoisotopic (exact) mass is 209 g/mol. The number of hydrogen-bond acceptors (Lipinski definition) is 4. The number of aliphatic hydroxyl groups excluding tert-OH is 1. The topological polar surface area (TPSA) is 58.6 Å². The highest BCUT2D eigenvalue weighted by atomic mass is 35.5. The molecule has 1 aliphatic carbocycles. The van der Waals surface area contributed by atoms with Crippen molar-refractivity contribution in [3.63, 3.8) is 0 Å². The van der Waals surface area contributed by atoms with Crippen molar-refractivity contribution in [1.29, 1.82) is 0 Å². The molecule has 0 radical (unpaired) electrons. The van der Waals surface area contributed by atoms with Crippen LogP contribution in [0.15, 0.2) is 0 Å². The summed E-state index contributed by atoms with van der Waals surface area (Å²) in [6, 6.07) is 0. The van der Waals surface area contributed by atoms with Crippen molar-refractivity contribution in [2.24, 2.45) is 0 Å². The van der Waals surface area contributed by atoms with Gasteiger partial charge < -0.3 is 9.84 Å². The Hall–Kier alpha value is -0.320. The van der Waals surface area contributed by atoms with Gasteiger partial charge in [0.2, 0.25) is 0 Å². The molecule has 0 saturated heterocycles. The number of carbonyl (C=O) groups excluding carboxylic acids is 1. The molecule has 0 unspecified atom stereocenters. The van der Waals surface area contributed by atoms with Gasteiger partial charge >= 0.3 is 5.97 Å². The molecule has 1 fully saturated rings. The zero-order chi connectivity index (χ0) is 9.03. The van der Waals surface area contributed by atoms with E-state index in [1.165, 1.54) is 7.11 Å². The van der Waals surface area contributed by atoms with E-state index in [-0.39, 0.29) is 25.0 Å². The van der Waals surface area contributed by atoms with Gasteiger partial charge in [-0.15, -0.1) is 12.4 Å². The maximum absolute atomic E-state index is 11.3. The Bertz CT molecular complexity index is 171. The first-order chi connectivity index (χ1) is 5.75. The number of β-amino-alcohol motifs (C(OH)–C–C–N with tert-alkyl or cyclic N) is 1. The average molecular weight is 210 g/mol. The maximum Gasteiger partial charge on any atom is 0.326 e. The molecule has 13 heavy (non-hydrogen) atoms. The van der Waals surface area contributed by atoms with Crippen molar-refractivity contribution in [2.45, 2.75) is 24.8 Å². The number of aliphatic hydroxyl groups is 1. The lowest BCUT2D eigenvalue weighted by molar-refractivity contribution is -0.152. The van der Waals surface area contributed by atoms with Gasteiger partial charge in [-0.1, -0.05) is 0 Å². The molecule has 0 spiro atoms. The average Bonchev–Trinajstić information content (AvgIpc) is 2.02. The lowest BCUT2D eigenvalue weighted by Gasteiger charge is -2.39. The largest absolute Gasteiger partial charge is 0.468 e. The van der Waals surface area contributed by atoms with Crippen molar-refractivity contribution >= 4 is 18.4 Å². The Kier molecular flexibility index (Phi) is 5.29. The van der Waals surface area contributed by atoms with Crippen LogP contribution in [0.25, 0.3) is 0 Å². The van der Waals surface area contributed by atoms with E-state index < -0.39 is 5.54 Å². The normalized spacial score (nSPS) is 18.3. The van der Waals surface area contributed by atoms with E-state index >= 15 is 0 Å². The molecule has 0 aromatic heterocycles. The SMILES string of the molecule is COC(=O)C1(NCCO)CCC1.Cl. The first kappa shape index (κ1) is 12.7. The predicted octanol–water partition coefficient (Wildman–Crippen LogP) is 0.0858. The van der Waals surface area contributed by atoms with Crippen LogP contribution < -0.4 is 5.32 Å². The molecule has 1 saturated carbocycles. The van der Waals surface area contributed by atoms with Crippen LogP contribution in [0, 0.1) is 0 Å². The van der Waals surface area contributed by atoms with Crippen LogP contribution in [-0.2, 0) is 9.53 Å². The van der Waals surface area contributed by atoms with Gasteiger partial charge in [0.05, 0.1) is 13.7 Å². The van der Waals surface area contributed by atoms with Crippen LogP contribution in [-0.4, -0.2) is 36.9 Å². The zero-order valence-electron chi connectivity index (χ0n) is 7.71. The fraction of sp³-hybridized carbons (Fsp3) is 0.875. The summed E-state index contributed by atoms with van der Waals surface area (Å²) in [5.74, 6) is -0.206. The van der Waals surface area contributed by atoms with Crippen LogP contribution >= 0.6 is 12.4 Å². The third kappa shape index (κ3) is 2.56. The molecule has 1 rings (SSSR count). The zero-order valence-corrected chi connectivity index (χ0v) is 8.52. The van der Waals surface area contributed by atoms with Gasteiger partial charge in [0.25, 0.3) is 0 Å². The number of hydrogen-bond donors (Lipinski definition) is 2. The van der Waals surface area contributed by atoms with Crippen molar-refractivity contribution in [3.8, 4) is 0 Å². The van der Waals surface area contributed by atoms with Crippen LogP contribution in [0.5, 0.6) is 0 Å². The number of esters is 1. The van der Waals surface area contributed by atoms with Gasteiger partial charge in [-0.3, -0.25) is 10.1 Å². The second kappa shape index (κ2) is 5.42. The molecular weight excluding hydrogens is 194 g/mol. The molecule has 5 heteroatoms. The van der Waals surface area contributed by atoms with E-state index in [4.69, 9.17) is 5.11 Å². The molecule has 2 N–H and O–H groups in total. The first-order valence-corrected chi connectivity index (χ1v) is 4.19. The van der Waals surface area contributed by atoms with Crippen LogP contribution in [0.2, 0.25) is 0 Å². The van der Waals surface area contributed by atoms with Crippen molar-refractivity contribution in [2.75, 3.05) is 20.3 Å². The minimum absolute atomic E-state index is 0. The molecule has 1 aliphatic rings. The second-order valence-corrected chi connectivity index (χ2v) is 3.08. The van der Waals surface area contributed by atoms with Crippen molar-refractivity contribution < 1.29 is 14.6 Å². The summed E-state index contributed by atoms with van der Waals surface area (Å²) in [7, 11) is 1.39. The van der Waals surface area contributed by atoms with Gasteiger partial charge in [0.15, 0.2) is 0 Å². The van der Waals surface area contributed by atoms with Gasteiger partial charge in [-0.25, -0.2) is 0 Å². The summed E-state index contributed by atoms with van der Waals surface area (Å²) in [4.78, 5) is 11.3. The standard InChI is InChI=1S/C8H15NO3.ClH/c1-12-7(11)8(3-2-4-8)9-5-6-10;/h9-10H,2-6H2,1H3;1H. The molecule has 0 aliphatic heterocycles. The molecule has 4 nitrogen and oxygen atoms in total. The Labute approximate surface area is 84.1 Å². The van der Waals surface area contributed by atoms with Crippen LogP contribution in [0.4, 0.5) is 0 Å². The summed E-state index contributed by atoms with van der Waals surface area (Å²) in [5, 5.41) is 11.6. The summed E-state index contributed by atoms with van der Waals surface area (Å²) < 4.78 is 4.67. The molecule has 0 bridgehead atoms. The van der Waals surface area contributed by atoms with Gasteiger partial charge in [-0.05, 0) is 19.3 Å². The third-order valence-electron chi connectivity index (χ3n) is 2.36. The van der Waals surface area contributed by atoms with E-state index in [0.717, 1.165) is 19.3 Å². The van der Waals surface area contributed by atoms with E-state index in [0.29, 0.717) is 6.54 Å². The molecule has 0 aromatic rings. The quantitative estimate of drug-likeness (QED) is 0.645. The van der Waals surface area contributed by atoms with E-state index in [1.54, 1.807) is 0 Å². The second-order valence-electron chi connectivity index (χ2n) is 3.08. The fourth-order valence-corrected chi connectivity index (χ4v) is 1.47. The number of halogens is 1. The molecule has 0 aromatic carbocycles. The Morgan fingerprint density at radius 2 is 2.23 bits per heavy atom. The summed E-state index contributed by atoms with van der Waals surface area (Å²) >= 11 is 0. The summed E-state index contributed by atoms with van der Waals surface area (Å²) in [5.41, 5.74) is -0.489. The Morgan fingerprint density at radius 3 is 2.54 bits per heavy atom. The minimum atomic E-state index is -0.489. The van der Waals surface area contributed by atoms with Crippen molar-refractivity contribution in [1.82, 2.24) is 5.32 Å². The van der Waals surface area contributed by atoms with E-state index in [2.05, 4.69) is 10.1 Å². The van der Waals surface area contributed by atoms with Gasteiger partial charge in [0.1, 0.15) is 5.54 Å². The van der Waals surface area contributed by atoms with Gasteiger partial charge in [-0.2, -0.15) is 0 Å². The Morgan fingerprint density at radius 1 is 1.62 bits per heavy atom. The lowest BCUT2D eigenvalue weighted by Crippen LogP contribution is -2.58. The third-order valence-corrected chi connectivity index (χ3v) is 2.36. The molecule has 0 amide bonds. The first-order valence-electron chi connectivity index (χ1n) is 4.19. The molecule has 0 heterocycles. The number of nitrogens with one attached hydrogen (secondary N) is 1. The minimum Gasteiger partial charge on any atom is -0.468 e. The molecule has 0 atom stereocenters. The molecular formula is C8H16ClNO3. The highest BCUT2D eigenvalue weighted by Gasteiger charge is 2.44. The fourth-order valence-electron chi connectivity index (χ4n) is 1.47. The smallest absolute Gasteiger partial charge is 0.326 e. The Balaban J connectivity index is 0.00000144.